The Morgan fingerprint density at radius 3 is 1.84 bits per heavy atom. The Bertz CT molecular complexity index is 3140. The molecule has 0 aliphatic carbocycles. The van der Waals surface area contributed by atoms with Crippen molar-refractivity contribution in [3.63, 3.8) is 0 Å². The quantitative estimate of drug-likeness (QED) is 0.209. The van der Waals surface area contributed by atoms with Crippen molar-refractivity contribution in [3.8, 4) is 39.9 Å². The largest absolute Gasteiger partial charge is 0.456 e. The first-order valence-electron chi connectivity index (χ1n) is 20.1. The summed E-state index contributed by atoms with van der Waals surface area (Å²) in [5.41, 5.74) is 1.78. The third-order valence-electron chi connectivity index (χ3n) is 7.39. The van der Waals surface area contributed by atoms with Gasteiger partial charge in [-0.2, -0.15) is 0 Å². The first-order valence-corrected chi connectivity index (χ1v) is 13.6. The minimum atomic E-state index is -0.589. The van der Waals surface area contributed by atoms with Gasteiger partial charge in [-0.3, -0.25) is 0 Å². The number of furan rings is 1. The Hall–Kier alpha value is -6.07. The molecule has 0 amide bonds. The van der Waals surface area contributed by atoms with Gasteiger partial charge in [-0.1, -0.05) is 103 Å². The van der Waals surface area contributed by atoms with Gasteiger partial charge in [0.1, 0.15) is 11.2 Å². The van der Waals surface area contributed by atoms with Crippen LogP contribution in [0.2, 0.25) is 0 Å². The molecule has 6 aromatic carbocycles. The van der Waals surface area contributed by atoms with E-state index in [9.17, 15) is 0 Å². The molecule has 206 valence electrons. The van der Waals surface area contributed by atoms with Crippen LogP contribution in [-0.4, -0.2) is 19.5 Å². The highest BCUT2D eigenvalue weighted by atomic mass is 16.3. The lowest BCUT2D eigenvalue weighted by molar-refractivity contribution is 0.669. The second kappa shape index (κ2) is 9.75. The summed E-state index contributed by atoms with van der Waals surface area (Å²) in [6.45, 7) is 0. The summed E-state index contributed by atoms with van der Waals surface area (Å²) in [5, 5.41) is 1.57. The van der Waals surface area contributed by atoms with E-state index in [1.165, 1.54) is 4.57 Å². The summed E-state index contributed by atoms with van der Waals surface area (Å²) >= 11 is 0. The van der Waals surface area contributed by atoms with Crippen LogP contribution in [0.4, 0.5) is 0 Å². The molecule has 0 aliphatic heterocycles. The van der Waals surface area contributed by atoms with E-state index in [0.717, 1.165) is 10.8 Å². The Labute approximate surface area is 271 Å². The first kappa shape index (κ1) is 14.9. The molecule has 0 aliphatic rings. The van der Waals surface area contributed by atoms with E-state index in [0.29, 0.717) is 22.3 Å². The zero-order valence-corrected chi connectivity index (χ0v) is 22.5. The Kier molecular flexibility index (Phi) is 3.30. The molecule has 0 saturated carbocycles. The summed E-state index contributed by atoms with van der Waals surface area (Å²) in [6, 6.07) is 12.3. The van der Waals surface area contributed by atoms with Crippen molar-refractivity contribution < 1.29 is 22.2 Å². The first-order chi connectivity index (χ1) is 27.2. The molecular weight excluding hydrogens is 540 g/mol. The predicted octanol–water partition coefficient (Wildman–Crippen LogP) is 9.87. The summed E-state index contributed by atoms with van der Waals surface area (Å²) in [6.07, 6.45) is 0. The minimum absolute atomic E-state index is 0.00191. The SMILES string of the molecule is [2H]c1c([2H])c([2H])c(-c2nc(-c3cccc(-n4c5c([2H])c([2H])c([2H])c([2H])c5c5c([2H])c([2H])c([2H])c([2H])c54)c3)nc(-c3ccc4c(c3)oc3ccccc34)n2)c([2H])c1[2H]. The minimum Gasteiger partial charge on any atom is -0.456 e. The van der Waals surface area contributed by atoms with Gasteiger partial charge >= 0.3 is 0 Å². The highest BCUT2D eigenvalue weighted by molar-refractivity contribution is 6.09. The molecule has 0 unspecified atom stereocenters. The fourth-order valence-corrected chi connectivity index (χ4v) is 5.44. The summed E-state index contributed by atoms with van der Waals surface area (Å²) in [7, 11) is 0. The van der Waals surface area contributed by atoms with Crippen LogP contribution >= 0.6 is 0 Å². The lowest BCUT2D eigenvalue weighted by Gasteiger charge is -2.11. The fourth-order valence-electron chi connectivity index (χ4n) is 5.44. The normalized spacial score (nSPS) is 15.8. The van der Waals surface area contributed by atoms with Crippen LogP contribution in [-0.2, 0) is 0 Å². The van der Waals surface area contributed by atoms with Gasteiger partial charge in [-0.25, -0.2) is 15.0 Å². The van der Waals surface area contributed by atoms with Gasteiger partial charge in [0.25, 0.3) is 0 Å². The van der Waals surface area contributed by atoms with Gasteiger partial charge in [0.15, 0.2) is 17.5 Å². The van der Waals surface area contributed by atoms with Crippen molar-refractivity contribution in [1.82, 2.24) is 19.5 Å². The van der Waals surface area contributed by atoms with E-state index in [2.05, 4.69) is 9.97 Å². The molecule has 44 heavy (non-hydrogen) atoms. The highest BCUT2D eigenvalue weighted by Crippen LogP contribution is 2.35. The van der Waals surface area contributed by atoms with E-state index in [4.69, 9.17) is 27.2 Å². The van der Waals surface area contributed by atoms with Crippen LogP contribution in [0, 0.1) is 0 Å². The fraction of sp³-hybridized carbons (Fsp3) is 0. The van der Waals surface area contributed by atoms with Crippen molar-refractivity contribution in [2.75, 3.05) is 0 Å². The predicted molar refractivity (Wildman–Crippen MR) is 178 cm³/mol. The van der Waals surface area contributed by atoms with Crippen molar-refractivity contribution in [2.24, 2.45) is 0 Å². The Balaban J connectivity index is 1.33. The van der Waals surface area contributed by atoms with Crippen molar-refractivity contribution in [3.05, 3.63) is 145 Å². The molecule has 9 rings (SSSR count). The second-order valence-corrected chi connectivity index (χ2v) is 9.95. The van der Waals surface area contributed by atoms with Gasteiger partial charge in [0.05, 0.1) is 28.9 Å². The maximum Gasteiger partial charge on any atom is 0.164 e. The molecule has 0 spiro atoms. The lowest BCUT2D eigenvalue weighted by atomic mass is 10.1. The smallest absolute Gasteiger partial charge is 0.164 e. The lowest BCUT2D eigenvalue weighted by Crippen LogP contribution is -2.01. The molecule has 3 aromatic heterocycles. The van der Waals surface area contributed by atoms with E-state index in [1.807, 2.05) is 30.3 Å². The monoisotopic (exact) mass is 577 g/mol. The number of hydrogen-bond acceptors (Lipinski definition) is 4. The third kappa shape index (κ3) is 3.91. The van der Waals surface area contributed by atoms with Crippen molar-refractivity contribution >= 4 is 43.7 Å². The topological polar surface area (TPSA) is 56.7 Å². The van der Waals surface area contributed by atoms with Gasteiger partial charge < -0.3 is 8.98 Å². The number of fused-ring (bicyclic) bond motifs is 6. The van der Waals surface area contributed by atoms with Crippen molar-refractivity contribution in [1.29, 1.82) is 0 Å². The van der Waals surface area contributed by atoms with Crippen molar-refractivity contribution in [2.45, 2.75) is 0 Å². The number of hydrogen-bond donors (Lipinski definition) is 0. The second-order valence-electron chi connectivity index (χ2n) is 9.95. The number of benzene rings is 6. The summed E-state index contributed by atoms with van der Waals surface area (Å²) in [4.78, 5) is 14.0. The molecular formula is C39H24N4O. The molecule has 0 atom stereocenters. The molecule has 0 bridgehead atoms. The van der Waals surface area contributed by atoms with Crippen LogP contribution in [0.15, 0.2) is 150 Å². The molecule has 0 N–H and O–H groups in total. The highest BCUT2D eigenvalue weighted by Gasteiger charge is 2.16. The molecule has 0 saturated heterocycles. The number of rotatable bonds is 4. The molecule has 0 fully saturated rings. The molecule has 0 radical (unpaired) electrons. The van der Waals surface area contributed by atoms with Crippen LogP contribution in [0.3, 0.4) is 0 Å². The van der Waals surface area contributed by atoms with Crippen LogP contribution < -0.4 is 0 Å². The molecule has 5 nitrogen and oxygen atoms in total. The van der Waals surface area contributed by atoms with E-state index in [-0.39, 0.29) is 50.5 Å². The molecule has 9 aromatic rings. The number of para-hydroxylation sites is 3. The van der Waals surface area contributed by atoms with E-state index < -0.39 is 78.6 Å². The average Bonchev–Trinajstić information content (AvgIpc) is 3.78. The van der Waals surface area contributed by atoms with Gasteiger partial charge in [0, 0.05) is 43.9 Å². The van der Waals surface area contributed by atoms with E-state index in [1.54, 1.807) is 36.4 Å². The van der Waals surface area contributed by atoms with Gasteiger partial charge in [-0.05, 0) is 42.4 Å². The molecule has 3 heterocycles. The Morgan fingerprint density at radius 2 is 1.09 bits per heavy atom. The number of nitrogens with zero attached hydrogens (tertiary/aromatic N) is 4. The van der Waals surface area contributed by atoms with Crippen LogP contribution in [0.25, 0.3) is 83.6 Å². The summed E-state index contributed by atoms with van der Waals surface area (Å²) < 4.78 is 119. The van der Waals surface area contributed by atoms with Crippen LogP contribution in [0.5, 0.6) is 0 Å². The average molecular weight is 578 g/mol. The standard InChI is InChI=1S/C39H24N4O/c1-2-11-25(12-3-1)37-40-38(42-39(41-37)27-21-22-32-31-17-6-9-20-35(31)44-36(32)24-27)26-13-10-14-28(23-26)43-33-18-7-4-15-29(33)30-16-5-8-19-34(30)43/h1-24H/i1D,2D,3D,4D,5D,7D,8D,11D,12D,15D,16D,18D,19D. The third-order valence-corrected chi connectivity index (χ3v) is 7.39. The molecule has 5 heteroatoms. The maximum absolute atomic E-state index is 8.90. The Morgan fingerprint density at radius 1 is 0.477 bits per heavy atom. The van der Waals surface area contributed by atoms with Gasteiger partial charge in [-0.15, -0.1) is 0 Å². The van der Waals surface area contributed by atoms with E-state index >= 15 is 0 Å². The van der Waals surface area contributed by atoms with Gasteiger partial charge in [0.2, 0.25) is 0 Å². The van der Waals surface area contributed by atoms with Crippen LogP contribution in [0.1, 0.15) is 17.8 Å². The number of aromatic nitrogens is 4. The summed E-state index contributed by atoms with van der Waals surface area (Å²) in [5.74, 6) is -0.144. The maximum atomic E-state index is 8.90. The zero-order chi connectivity index (χ0) is 40.3. The zero-order valence-electron chi connectivity index (χ0n) is 35.5.